The van der Waals surface area contributed by atoms with Crippen molar-refractivity contribution >= 4 is 18.1 Å². The summed E-state index contributed by atoms with van der Waals surface area (Å²) in [5.74, 6) is -1.31. The highest BCUT2D eigenvalue weighted by molar-refractivity contribution is 6.03. The van der Waals surface area contributed by atoms with Crippen LogP contribution in [-0.4, -0.2) is 84.7 Å². The Bertz CT molecular complexity index is 2290. The second-order valence-corrected chi connectivity index (χ2v) is 16.9. The molecule has 66 heavy (non-hydrogen) atoms. The second kappa shape index (κ2) is 23.5. The Kier molecular flexibility index (Phi) is 17.2. The van der Waals surface area contributed by atoms with E-state index in [-0.39, 0.29) is 63.8 Å². The summed E-state index contributed by atoms with van der Waals surface area (Å²) in [4.78, 5) is 34.0. The monoisotopic (exact) mass is 904 g/mol. The smallest absolute Gasteiger partial charge is 0.410 e. The van der Waals surface area contributed by atoms with Gasteiger partial charge in [-0.25, -0.2) is 9.18 Å². The fourth-order valence-electron chi connectivity index (χ4n) is 9.77. The van der Waals surface area contributed by atoms with E-state index in [1.165, 1.54) is 12.1 Å². The van der Waals surface area contributed by atoms with E-state index in [9.17, 15) is 24.2 Å². The third-order valence-electron chi connectivity index (χ3n) is 12.6. The number of carbonyl (C=O) groups is 2. The Morgan fingerprint density at radius 2 is 1.70 bits per heavy atom. The van der Waals surface area contributed by atoms with Crippen LogP contribution in [0, 0.1) is 23.6 Å². The number of halogens is 1. The van der Waals surface area contributed by atoms with Crippen molar-refractivity contribution < 1.29 is 52.7 Å². The minimum Gasteiger partial charge on any atom is -0.459 e. The van der Waals surface area contributed by atoms with Gasteiger partial charge in [0.2, 0.25) is 5.79 Å². The molecule has 0 saturated heterocycles. The van der Waals surface area contributed by atoms with Crippen LogP contribution >= 0.6 is 0 Å². The van der Waals surface area contributed by atoms with E-state index in [1.807, 2.05) is 55.5 Å². The maximum atomic E-state index is 14.8. The van der Waals surface area contributed by atoms with Crippen LogP contribution < -0.4 is 9.47 Å². The van der Waals surface area contributed by atoms with Gasteiger partial charge in [-0.2, -0.15) is 0 Å². The summed E-state index contributed by atoms with van der Waals surface area (Å²) in [7, 11) is 0. The van der Waals surface area contributed by atoms with Crippen LogP contribution in [-0.2, 0) is 32.2 Å². The van der Waals surface area contributed by atoms with Crippen LogP contribution in [0.4, 0.5) is 9.18 Å². The van der Waals surface area contributed by atoms with E-state index in [1.54, 1.807) is 47.4 Å². The molecule has 3 aliphatic rings. The maximum absolute atomic E-state index is 14.8. The average molecular weight is 905 g/mol. The van der Waals surface area contributed by atoms with Crippen molar-refractivity contribution in [2.24, 2.45) is 22.9 Å². The summed E-state index contributed by atoms with van der Waals surface area (Å²) in [5, 5.41) is 24.7. The Morgan fingerprint density at radius 3 is 2.44 bits per heavy atom. The maximum Gasteiger partial charge on any atom is 0.410 e. The lowest BCUT2D eigenvalue weighted by atomic mass is 9.55. The summed E-state index contributed by atoms with van der Waals surface area (Å²) in [6, 6.07) is 27.4. The number of amides is 1. The second-order valence-electron chi connectivity index (χ2n) is 16.9. The number of aliphatic hydroxyl groups excluding tert-OH is 2. The first-order valence-corrected chi connectivity index (χ1v) is 23.0. The minimum absolute atomic E-state index is 0.0127. The SMILES string of the molecule is C=CCOC12Oc3ccc(Oc4cccc(C=O)c4)cc3C3C(CCCCO)C(CCCCO)C=C(C(=NOCC)CC1N(Cc1ccc(F)cc1)C(=O)OCCOCc1ccccc1)C32. The van der Waals surface area contributed by atoms with Crippen molar-refractivity contribution in [3.8, 4) is 17.2 Å². The summed E-state index contributed by atoms with van der Waals surface area (Å²) in [5.41, 5.74) is 4.49. The van der Waals surface area contributed by atoms with E-state index in [4.69, 9.17) is 33.7 Å². The van der Waals surface area contributed by atoms with Crippen LogP contribution in [0.25, 0.3) is 0 Å². The molecule has 1 saturated carbocycles. The molecular formula is C53H61FN2O10. The highest BCUT2D eigenvalue weighted by Crippen LogP contribution is 2.62. The van der Waals surface area contributed by atoms with Crippen molar-refractivity contribution in [3.05, 3.63) is 149 Å². The minimum atomic E-state index is -1.56. The number of ether oxygens (including phenoxy) is 5. The number of unbranched alkanes of at least 4 members (excludes halogenated alkanes) is 2. The molecule has 2 N–H and O–H groups in total. The lowest BCUT2D eigenvalue weighted by molar-refractivity contribution is -0.256. The molecule has 0 radical (unpaired) electrons. The summed E-state index contributed by atoms with van der Waals surface area (Å²) < 4.78 is 47.1. The molecule has 0 bridgehead atoms. The number of fused-ring (bicyclic) bond motifs is 2. The van der Waals surface area contributed by atoms with E-state index in [0.29, 0.717) is 60.1 Å². The van der Waals surface area contributed by atoms with E-state index in [0.717, 1.165) is 48.7 Å². The van der Waals surface area contributed by atoms with Gasteiger partial charge in [-0.1, -0.05) is 84.7 Å². The topological polar surface area (TPSA) is 146 Å². The number of aldehydes is 1. The van der Waals surface area contributed by atoms with Gasteiger partial charge >= 0.3 is 6.09 Å². The molecule has 13 heteroatoms. The first-order valence-electron chi connectivity index (χ1n) is 23.0. The van der Waals surface area contributed by atoms with Crippen molar-refractivity contribution in [1.29, 1.82) is 0 Å². The molecule has 6 atom stereocenters. The Balaban J connectivity index is 1.37. The third kappa shape index (κ3) is 11.4. The molecule has 1 amide bonds. The van der Waals surface area contributed by atoms with Gasteiger partial charge in [-0.05, 0) is 104 Å². The van der Waals surface area contributed by atoms with Gasteiger partial charge in [0, 0.05) is 43.2 Å². The van der Waals surface area contributed by atoms with Gasteiger partial charge in [-0.3, -0.25) is 9.69 Å². The quantitative estimate of drug-likeness (QED) is 0.0302. The number of allylic oxidation sites excluding steroid dienone is 1. The summed E-state index contributed by atoms with van der Waals surface area (Å²) in [6.07, 6.45) is 8.50. The van der Waals surface area contributed by atoms with Crippen LogP contribution in [0.3, 0.4) is 0 Å². The van der Waals surface area contributed by atoms with Crippen molar-refractivity contribution in [1.82, 2.24) is 4.90 Å². The zero-order valence-electron chi connectivity index (χ0n) is 37.6. The average Bonchev–Trinajstić information content (AvgIpc) is 3.34. The molecule has 6 unspecified atom stereocenters. The van der Waals surface area contributed by atoms with E-state index >= 15 is 0 Å². The molecule has 1 aliphatic heterocycles. The number of oxime groups is 1. The fourth-order valence-corrected chi connectivity index (χ4v) is 9.77. The third-order valence-corrected chi connectivity index (χ3v) is 12.6. The zero-order chi connectivity index (χ0) is 46.3. The largest absolute Gasteiger partial charge is 0.459 e. The molecule has 0 aromatic heterocycles. The van der Waals surface area contributed by atoms with Gasteiger partial charge in [0.1, 0.15) is 48.6 Å². The number of rotatable bonds is 24. The molecule has 0 spiro atoms. The summed E-state index contributed by atoms with van der Waals surface area (Å²) >= 11 is 0. The van der Waals surface area contributed by atoms with Gasteiger partial charge < -0.3 is 38.7 Å². The number of hydrogen-bond acceptors (Lipinski definition) is 11. The zero-order valence-corrected chi connectivity index (χ0v) is 37.6. The molecule has 1 fully saturated rings. The molecule has 4 aromatic rings. The van der Waals surface area contributed by atoms with Gasteiger partial charge in [0.25, 0.3) is 0 Å². The Hall–Kier alpha value is -5.86. The lowest BCUT2D eigenvalue weighted by Crippen LogP contribution is -2.70. The molecule has 350 valence electrons. The van der Waals surface area contributed by atoms with Gasteiger partial charge in [0.05, 0.1) is 31.5 Å². The van der Waals surface area contributed by atoms with E-state index < -0.39 is 29.7 Å². The number of nitrogens with zero attached hydrogens (tertiary/aromatic N) is 2. The fraction of sp³-hybridized carbons (Fsp3) is 0.415. The van der Waals surface area contributed by atoms with Crippen LogP contribution in [0.5, 0.6) is 17.2 Å². The predicted molar refractivity (Wildman–Crippen MR) is 248 cm³/mol. The first kappa shape index (κ1) is 48.1. The van der Waals surface area contributed by atoms with E-state index in [2.05, 4.69) is 12.7 Å². The molecule has 1 heterocycles. The normalized spacial score (nSPS) is 22.3. The Labute approximate surface area is 386 Å². The van der Waals surface area contributed by atoms with Crippen LogP contribution in [0.2, 0.25) is 0 Å². The Morgan fingerprint density at radius 1 is 0.924 bits per heavy atom. The van der Waals surface area contributed by atoms with Crippen molar-refractivity contribution in [2.75, 3.05) is 39.6 Å². The number of aliphatic hydroxyl groups is 2. The summed E-state index contributed by atoms with van der Waals surface area (Å²) in [6.45, 7) is 6.82. The molecule has 4 aromatic carbocycles. The predicted octanol–water partition coefficient (Wildman–Crippen LogP) is 9.94. The lowest BCUT2D eigenvalue weighted by Gasteiger charge is -2.59. The standard InChI is InChI=1S/C53H61FN2O10/c1-3-27-63-53-49(56(34-37-19-21-41(54)22-20-37)52(60)62-29-28-61-36-38-13-6-5-7-14-38)33-47(55-64-4-2)45-31-40(16-8-10-25-57)44(18-9-11-26-58)50(51(45)53)46-32-43(23-24-48(46)66-53)65-42-17-12-15-39(30-42)35-59/h3,5-7,12-15,17,19-24,30-32,35,40,44,49-51,57-58H,1,4,8-11,16,18,25-29,33-34,36H2,2H3. The molecule has 2 aliphatic carbocycles. The molecular weight excluding hydrogens is 844 g/mol. The number of hydrogen-bond donors (Lipinski definition) is 2. The number of benzene rings is 4. The van der Waals surface area contributed by atoms with Crippen molar-refractivity contribution in [3.63, 3.8) is 0 Å². The molecule has 12 nitrogen and oxygen atoms in total. The van der Waals surface area contributed by atoms with Gasteiger partial charge in [0.15, 0.2) is 0 Å². The number of carbonyl (C=O) groups excluding carboxylic acids is 2. The highest BCUT2D eigenvalue weighted by Gasteiger charge is 2.65. The first-order chi connectivity index (χ1) is 32.3. The van der Waals surface area contributed by atoms with Crippen LogP contribution in [0.15, 0.2) is 127 Å². The van der Waals surface area contributed by atoms with Crippen molar-refractivity contribution in [2.45, 2.75) is 82.8 Å². The van der Waals surface area contributed by atoms with Gasteiger partial charge in [-0.15, -0.1) is 6.58 Å². The molecule has 7 rings (SSSR count). The highest BCUT2D eigenvalue weighted by atomic mass is 19.1. The van der Waals surface area contributed by atoms with Crippen LogP contribution in [0.1, 0.15) is 84.8 Å².